The molecule has 0 radical (unpaired) electrons. The molecule has 2 bridgehead atoms. The molecule has 6 heterocycles. The molecule has 0 aliphatic carbocycles. The molecule has 62 heavy (non-hydrogen) atoms. The van der Waals surface area contributed by atoms with E-state index < -0.39 is 43.5 Å². The third-order valence-electron chi connectivity index (χ3n) is 13.1. The van der Waals surface area contributed by atoms with Crippen molar-refractivity contribution in [3.8, 4) is 34.6 Å². The fraction of sp³-hybridized carbons (Fsp3) is 0.447. The first-order chi connectivity index (χ1) is 29.5. The second-order valence-corrected chi connectivity index (χ2v) is 24.4. The topological polar surface area (TPSA) is 121 Å². The number of piperazine rings is 1. The lowest BCUT2D eigenvalue weighted by atomic mass is 9.96. The van der Waals surface area contributed by atoms with Crippen molar-refractivity contribution in [1.82, 2.24) is 35.0 Å². The van der Waals surface area contributed by atoms with Gasteiger partial charge in [-0.25, -0.2) is 18.6 Å². The summed E-state index contributed by atoms with van der Waals surface area (Å²) in [7, 11) is -2.30. The highest BCUT2D eigenvalue weighted by Crippen LogP contribution is 2.48. The summed E-state index contributed by atoms with van der Waals surface area (Å²) in [5.41, 5.74) is 5.42. The summed E-state index contributed by atoms with van der Waals surface area (Å²) < 4.78 is 46.9. The van der Waals surface area contributed by atoms with Crippen LogP contribution in [0.2, 0.25) is 16.6 Å². The summed E-state index contributed by atoms with van der Waals surface area (Å²) in [6, 6.07) is 14.6. The molecule has 0 N–H and O–H groups in total. The fourth-order valence-corrected chi connectivity index (χ4v) is 15.7. The largest absolute Gasteiger partial charge is 0.472 e. The third-order valence-corrected chi connectivity index (χ3v) is 19.4. The van der Waals surface area contributed by atoms with E-state index in [2.05, 4.69) is 68.2 Å². The number of benzene rings is 3. The Kier molecular flexibility index (Phi) is 10.2. The van der Waals surface area contributed by atoms with E-state index in [9.17, 15) is 4.79 Å². The third kappa shape index (κ3) is 6.69. The lowest BCUT2D eigenvalue weighted by molar-refractivity contribution is 0.000927. The average molecular weight is 859 g/mol. The minimum Gasteiger partial charge on any atom is -0.472 e. The van der Waals surface area contributed by atoms with E-state index in [1.54, 1.807) is 30.3 Å². The Morgan fingerprint density at radius 3 is 2.39 bits per heavy atom. The lowest BCUT2D eigenvalue weighted by Gasteiger charge is -2.48. The number of carbonyl (C=O) groups excluding carboxylic acids is 1. The van der Waals surface area contributed by atoms with Crippen LogP contribution in [0.5, 0.6) is 11.9 Å². The van der Waals surface area contributed by atoms with Crippen LogP contribution in [0.15, 0.2) is 54.6 Å². The molecule has 3 aliphatic rings. The van der Waals surface area contributed by atoms with Gasteiger partial charge in [0.2, 0.25) is 5.88 Å². The monoisotopic (exact) mass is 858 g/mol. The second kappa shape index (κ2) is 15.2. The van der Waals surface area contributed by atoms with Gasteiger partial charge in [-0.15, -0.1) is 10.6 Å². The fourth-order valence-electron chi connectivity index (χ4n) is 10.5. The number of para-hydroxylation sites is 1. The van der Waals surface area contributed by atoms with Crippen LogP contribution in [0.4, 0.5) is 19.4 Å². The number of anilines is 1. The zero-order chi connectivity index (χ0) is 44.0. The molecule has 12 nitrogen and oxygen atoms in total. The van der Waals surface area contributed by atoms with Crippen LogP contribution >= 0.6 is 0 Å². The highest BCUT2D eigenvalue weighted by Gasteiger charge is 2.54. The molecule has 3 aromatic carbocycles. The molecule has 322 valence electrons. The molecule has 2 saturated heterocycles. The SMILES string of the molecule is CC(C)[Si](C#Cc1c(F)ccc2cccc(-c3nc4c5c(nc(On6nnc7ccccc76)nc5c3F)N3C[C@H]5CC[C@@H]([C@H]3[C@H](C)O4)N5C(=O)OC(C)(C)C)c12)(C(C)C)C(C)C. The van der Waals surface area contributed by atoms with Crippen LogP contribution in [0.3, 0.4) is 0 Å². The van der Waals surface area contributed by atoms with Crippen molar-refractivity contribution < 1.29 is 27.9 Å². The van der Waals surface area contributed by atoms with E-state index in [0.29, 0.717) is 62.8 Å². The van der Waals surface area contributed by atoms with Gasteiger partial charge in [-0.3, -0.25) is 4.90 Å². The first-order valence-electron chi connectivity index (χ1n) is 21.6. The van der Waals surface area contributed by atoms with Crippen LogP contribution in [0.1, 0.15) is 87.6 Å². The molecule has 9 rings (SSSR count). The molecule has 0 saturated carbocycles. The highest BCUT2D eigenvalue weighted by atomic mass is 28.3. The van der Waals surface area contributed by atoms with Crippen LogP contribution in [0, 0.1) is 23.1 Å². The smallest absolute Gasteiger partial charge is 0.410 e. The Hall–Kier alpha value is -5.88. The van der Waals surface area contributed by atoms with E-state index in [4.69, 9.17) is 29.3 Å². The number of ether oxygens (including phenoxy) is 2. The standard InChI is InChI=1S/C47H52F2N8O4Si/c1-25(2)62(26(3)4,27(5)6)23-22-31-33(48)20-18-29-14-13-15-32(37(29)31)40-39(49)41-38-43(52-45(51-41)61-57-35-17-12-11-16-34(35)53-54-57)55-24-30-19-21-36(42(55)28(7)59-44(38)50-40)56(30)46(58)60-47(8,9)10/h11-18,20,25-28,30,36,42H,19,21,24H2,1-10H3/t28-,30+,36-,42+/m0/s1. The number of carbonyl (C=O) groups is 1. The van der Waals surface area contributed by atoms with Crippen LogP contribution < -0.4 is 14.5 Å². The minimum atomic E-state index is -2.30. The van der Waals surface area contributed by atoms with Crippen molar-refractivity contribution in [1.29, 1.82) is 0 Å². The number of aromatic nitrogens is 6. The van der Waals surface area contributed by atoms with Crippen LogP contribution in [-0.2, 0) is 4.74 Å². The summed E-state index contributed by atoms with van der Waals surface area (Å²) in [4.78, 5) is 39.7. The maximum absolute atomic E-state index is 17.9. The van der Waals surface area contributed by atoms with Crippen LogP contribution in [0.25, 0.3) is 44.0 Å². The van der Waals surface area contributed by atoms with Gasteiger partial charge in [-0.05, 0) is 86.0 Å². The molecular formula is C47H52F2N8O4Si. The summed E-state index contributed by atoms with van der Waals surface area (Å²) in [6.07, 6.45) is 0.480. The Morgan fingerprint density at radius 2 is 1.66 bits per heavy atom. The van der Waals surface area contributed by atoms with Crippen molar-refractivity contribution in [2.75, 3.05) is 11.4 Å². The van der Waals surface area contributed by atoms with Gasteiger partial charge in [-0.2, -0.15) is 9.97 Å². The summed E-state index contributed by atoms with van der Waals surface area (Å²) in [5.74, 6) is 2.54. The van der Waals surface area contributed by atoms with Gasteiger partial charge in [0, 0.05) is 17.5 Å². The van der Waals surface area contributed by atoms with Gasteiger partial charge in [-0.1, -0.05) is 88.7 Å². The van der Waals surface area contributed by atoms with E-state index in [0.717, 1.165) is 6.42 Å². The summed E-state index contributed by atoms with van der Waals surface area (Å²) in [5, 5.41) is 9.79. The summed E-state index contributed by atoms with van der Waals surface area (Å²) in [6.45, 7) is 21.1. The lowest BCUT2D eigenvalue weighted by Crippen LogP contribution is -2.65. The number of hydrogen-bond donors (Lipinski definition) is 0. The van der Waals surface area contributed by atoms with E-state index in [1.807, 2.05) is 50.8 Å². The minimum absolute atomic E-state index is 0.0855. The van der Waals surface area contributed by atoms with E-state index in [-0.39, 0.29) is 46.1 Å². The average Bonchev–Trinajstić information content (AvgIpc) is 3.73. The van der Waals surface area contributed by atoms with Crippen molar-refractivity contribution in [3.05, 3.63) is 71.8 Å². The van der Waals surface area contributed by atoms with Crippen molar-refractivity contribution in [2.45, 2.75) is 129 Å². The van der Waals surface area contributed by atoms with Crippen molar-refractivity contribution >= 4 is 52.7 Å². The molecule has 6 aromatic rings. The first-order valence-corrected chi connectivity index (χ1v) is 23.8. The van der Waals surface area contributed by atoms with Gasteiger partial charge in [0.05, 0.1) is 23.7 Å². The number of rotatable bonds is 6. The summed E-state index contributed by atoms with van der Waals surface area (Å²) >= 11 is 0. The highest BCUT2D eigenvalue weighted by molar-refractivity contribution is 6.90. The number of amides is 1. The zero-order valence-corrected chi connectivity index (χ0v) is 37.8. The normalized spacial score (nSPS) is 19.9. The molecule has 3 aromatic heterocycles. The Morgan fingerprint density at radius 1 is 0.919 bits per heavy atom. The molecule has 2 fully saturated rings. The van der Waals surface area contributed by atoms with Crippen molar-refractivity contribution in [3.63, 3.8) is 0 Å². The van der Waals surface area contributed by atoms with E-state index >= 15 is 8.78 Å². The maximum atomic E-state index is 17.9. The molecule has 0 unspecified atom stereocenters. The van der Waals surface area contributed by atoms with Gasteiger partial charge in [0.1, 0.15) is 59.0 Å². The van der Waals surface area contributed by atoms with E-state index in [1.165, 1.54) is 10.9 Å². The Labute approximate surface area is 360 Å². The molecule has 1 amide bonds. The number of fused-ring (bicyclic) bond motifs is 7. The number of pyridine rings is 1. The Balaban J connectivity index is 1.26. The number of nitrogens with zero attached hydrogens (tertiary/aromatic N) is 8. The molecule has 15 heteroatoms. The van der Waals surface area contributed by atoms with Gasteiger partial charge < -0.3 is 19.2 Å². The quantitative estimate of drug-likeness (QED) is 0.118. The molecule has 3 aliphatic heterocycles. The van der Waals surface area contributed by atoms with Gasteiger partial charge in [0.25, 0.3) is 0 Å². The maximum Gasteiger partial charge on any atom is 0.410 e. The molecular weight excluding hydrogens is 807 g/mol. The van der Waals surface area contributed by atoms with Gasteiger partial charge >= 0.3 is 12.1 Å². The Bertz CT molecular complexity index is 2810. The second-order valence-electron chi connectivity index (χ2n) is 18.8. The zero-order valence-electron chi connectivity index (χ0n) is 36.8. The first kappa shape index (κ1) is 41.5. The predicted molar refractivity (Wildman–Crippen MR) is 238 cm³/mol. The van der Waals surface area contributed by atoms with Gasteiger partial charge in [0.15, 0.2) is 5.82 Å². The molecule has 0 spiro atoms. The molecule has 4 atom stereocenters. The number of halogens is 2. The number of hydrogen-bond acceptors (Lipinski definition) is 10. The predicted octanol–water partition coefficient (Wildman–Crippen LogP) is 10.0. The van der Waals surface area contributed by atoms with Crippen LogP contribution in [-0.4, -0.2) is 85.6 Å². The van der Waals surface area contributed by atoms with Crippen molar-refractivity contribution in [2.24, 2.45) is 0 Å².